The van der Waals surface area contributed by atoms with Gasteiger partial charge in [-0.15, -0.1) is 0 Å². The van der Waals surface area contributed by atoms with Crippen LogP contribution in [-0.2, 0) is 9.59 Å². The minimum atomic E-state index is -0.686. The number of anilines is 3. The summed E-state index contributed by atoms with van der Waals surface area (Å²) < 4.78 is 0. The fourth-order valence-electron chi connectivity index (χ4n) is 2.72. The van der Waals surface area contributed by atoms with E-state index in [0.29, 0.717) is 11.4 Å². The number of para-hydroxylation sites is 1. The molecule has 2 aromatic carbocycles. The molecule has 0 aromatic heterocycles. The quantitative estimate of drug-likeness (QED) is 0.841. The molecule has 6 heteroatoms. The molecule has 1 fully saturated rings. The first kappa shape index (κ1) is 17.0. The number of piperazine rings is 1. The van der Waals surface area contributed by atoms with E-state index in [-0.39, 0.29) is 0 Å². The van der Waals surface area contributed by atoms with Crippen LogP contribution in [0, 0.1) is 0 Å². The van der Waals surface area contributed by atoms with Gasteiger partial charge in [0.15, 0.2) is 0 Å². The van der Waals surface area contributed by atoms with Crippen LogP contribution in [0.4, 0.5) is 17.1 Å². The number of nitrogens with zero attached hydrogens (tertiary/aromatic N) is 2. The van der Waals surface area contributed by atoms with Crippen LogP contribution in [0.5, 0.6) is 0 Å². The first-order valence-electron chi connectivity index (χ1n) is 8.33. The van der Waals surface area contributed by atoms with E-state index in [4.69, 9.17) is 0 Å². The number of benzene rings is 2. The number of rotatable bonds is 3. The van der Waals surface area contributed by atoms with Crippen molar-refractivity contribution < 1.29 is 9.59 Å². The van der Waals surface area contributed by atoms with Gasteiger partial charge in [0.25, 0.3) is 0 Å². The summed E-state index contributed by atoms with van der Waals surface area (Å²) in [6.07, 6.45) is 0. The van der Waals surface area contributed by atoms with Crippen LogP contribution in [0.25, 0.3) is 0 Å². The van der Waals surface area contributed by atoms with E-state index in [1.165, 1.54) is 0 Å². The lowest BCUT2D eigenvalue weighted by Crippen LogP contribution is -2.44. The lowest BCUT2D eigenvalue weighted by molar-refractivity contribution is -0.132. The SMILES string of the molecule is CN1CCN(c2ccc(NC(=O)C(=O)Nc3ccccc3)cc2)CC1. The maximum absolute atomic E-state index is 12.0. The molecule has 2 amide bonds. The first-order valence-corrected chi connectivity index (χ1v) is 8.33. The number of hydrogen-bond donors (Lipinski definition) is 2. The number of amides is 2. The fraction of sp³-hybridized carbons (Fsp3) is 0.263. The molecule has 2 aromatic rings. The van der Waals surface area contributed by atoms with Gasteiger partial charge in [0.1, 0.15) is 0 Å². The van der Waals surface area contributed by atoms with Crippen molar-refractivity contribution in [3.63, 3.8) is 0 Å². The smallest absolute Gasteiger partial charge is 0.314 e. The molecule has 1 heterocycles. The van der Waals surface area contributed by atoms with Gasteiger partial charge in [-0.3, -0.25) is 9.59 Å². The molecule has 0 saturated carbocycles. The summed E-state index contributed by atoms with van der Waals surface area (Å²) in [4.78, 5) is 28.5. The molecule has 1 saturated heterocycles. The average molecular weight is 338 g/mol. The van der Waals surface area contributed by atoms with Gasteiger partial charge < -0.3 is 20.4 Å². The molecule has 0 spiro atoms. The molecule has 0 aliphatic carbocycles. The highest BCUT2D eigenvalue weighted by atomic mass is 16.2. The Morgan fingerprint density at radius 3 is 1.84 bits per heavy atom. The van der Waals surface area contributed by atoms with Crippen LogP contribution < -0.4 is 15.5 Å². The fourth-order valence-corrected chi connectivity index (χ4v) is 2.72. The average Bonchev–Trinajstić information content (AvgIpc) is 2.64. The molecule has 0 atom stereocenters. The lowest BCUT2D eigenvalue weighted by atomic mass is 10.2. The molecule has 1 aliphatic rings. The summed E-state index contributed by atoms with van der Waals surface area (Å²) >= 11 is 0. The summed E-state index contributed by atoms with van der Waals surface area (Å²) in [5.74, 6) is -1.37. The van der Waals surface area contributed by atoms with E-state index in [2.05, 4.69) is 27.5 Å². The minimum absolute atomic E-state index is 0.591. The third-order valence-electron chi connectivity index (χ3n) is 4.23. The molecule has 1 aliphatic heterocycles. The van der Waals surface area contributed by atoms with E-state index in [1.807, 2.05) is 30.3 Å². The Labute approximate surface area is 147 Å². The number of nitrogens with one attached hydrogen (secondary N) is 2. The Hall–Kier alpha value is -2.86. The Kier molecular flexibility index (Phi) is 5.30. The van der Waals surface area contributed by atoms with Crippen LogP contribution >= 0.6 is 0 Å². The van der Waals surface area contributed by atoms with Gasteiger partial charge in [-0.1, -0.05) is 18.2 Å². The zero-order valence-corrected chi connectivity index (χ0v) is 14.2. The van der Waals surface area contributed by atoms with Crippen LogP contribution in [0.2, 0.25) is 0 Å². The van der Waals surface area contributed by atoms with Gasteiger partial charge in [-0.05, 0) is 43.4 Å². The van der Waals surface area contributed by atoms with Crippen molar-refractivity contribution in [3.05, 3.63) is 54.6 Å². The summed E-state index contributed by atoms with van der Waals surface area (Å²) in [5, 5.41) is 5.19. The predicted molar refractivity (Wildman–Crippen MR) is 99.9 cm³/mol. The Morgan fingerprint density at radius 2 is 1.28 bits per heavy atom. The monoisotopic (exact) mass is 338 g/mol. The van der Waals surface area contributed by atoms with Gasteiger partial charge in [0, 0.05) is 43.2 Å². The molecule has 25 heavy (non-hydrogen) atoms. The van der Waals surface area contributed by atoms with Gasteiger partial charge >= 0.3 is 11.8 Å². The maximum atomic E-state index is 12.0. The highest BCUT2D eigenvalue weighted by molar-refractivity contribution is 6.43. The summed E-state index contributed by atoms with van der Waals surface area (Å²) in [6, 6.07) is 16.5. The third kappa shape index (κ3) is 4.58. The van der Waals surface area contributed by atoms with Gasteiger partial charge in [-0.2, -0.15) is 0 Å². The van der Waals surface area contributed by atoms with Crippen LogP contribution in [0.3, 0.4) is 0 Å². The van der Waals surface area contributed by atoms with E-state index in [9.17, 15) is 9.59 Å². The van der Waals surface area contributed by atoms with E-state index in [1.54, 1.807) is 24.3 Å². The van der Waals surface area contributed by atoms with Crippen LogP contribution in [0.1, 0.15) is 0 Å². The zero-order valence-electron chi connectivity index (χ0n) is 14.2. The summed E-state index contributed by atoms with van der Waals surface area (Å²) in [7, 11) is 2.12. The second-order valence-corrected chi connectivity index (χ2v) is 6.11. The molecular weight excluding hydrogens is 316 g/mol. The van der Waals surface area contributed by atoms with Crippen LogP contribution in [0.15, 0.2) is 54.6 Å². The molecule has 130 valence electrons. The highest BCUT2D eigenvalue weighted by Gasteiger charge is 2.16. The van der Waals surface area contributed by atoms with Crippen molar-refractivity contribution >= 4 is 28.9 Å². The largest absolute Gasteiger partial charge is 0.369 e. The van der Waals surface area contributed by atoms with Crippen molar-refractivity contribution in [3.8, 4) is 0 Å². The van der Waals surface area contributed by atoms with Crippen molar-refractivity contribution in [2.75, 3.05) is 48.8 Å². The third-order valence-corrected chi connectivity index (χ3v) is 4.23. The summed E-state index contributed by atoms with van der Waals surface area (Å²) in [5.41, 5.74) is 2.32. The Balaban J connectivity index is 1.55. The maximum Gasteiger partial charge on any atom is 0.314 e. The molecule has 0 bridgehead atoms. The van der Waals surface area contributed by atoms with E-state index >= 15 is 0 Å². The van der Waals surface area contributed by atoms with Gasteiger partial charge in [0.05, 0.1) is 0 Å². The predicted octanol–water partition coefficient (Wildman–Crippen LogP) is 2.02. The number of hydrogen-bond acceptors (Lipinski definition) is 4. The lowest BCUT2D eigenvalue weighted by Gasteiger charge is -2.34. The van der Waals surface area contributed by atoms with Gasteiger partial charge in [-0.25, -0.2) is 0 Å². The van der Waals surface area contributed by atoms with Crippen molar-refractivity contribution in [2.45, 2.75) is 0 Å². The second kappa shape index (κ2) is 7.81. The standard InChI is InChI=1S/C19H22N4O2/c1-22-11-13-23(14-12-22)17-9-7-16(8-10-17)21-19(25)18(24)20-15-5-3-2-4-6-15/h2-10H,11-14H2,1H3,(H,20,24)(H,21,25). The first-order chi connectivity index (χ1) is 12.1. The van der Waals surface area contributed by atoms with E-state index < -0.39 is 11.8 Å². The molecule has 0 unspecified atom stereocenters. The number of carbonyl (C=O) groups excluding carboxylic acids is 2. The number of carbonyl (C=O) groups is 2. The number of likely N-dealkylation sites (N-methyl/N-ethyl adjacent to an activating group) is 1. The molecule has 3 rings (SSSR count). The zero-order chi connectivity index (χ0) is 17.6. The van der Waals surface area contributed by atoms with Crippen molar-refractivity contribution in [1.82, 2.24) is 4.90 Å². The topological polar surface area (TPSA) is 64.7 Å². The van der Waals surface area contributed by atoms with E-state index in [0.717, 1.165) is 31.9 Å². The highest BCUT2D eigenvalue weighted by Crippen LogP contribution is 2.19. The molecule has 0 radical (unpaired) electrons. The van der Waals surface area contributed by atoms with Crippen molar-refractivity contribution in [2.24, 2.45) is 0 Å². The molecule has 6 nitrogen and oxygen atoms in total. The Morgan fingerprint density at radius 1 is 0.760 bits per heavy atom. The normalized spacial score (nSPS) is 14.8. The van der Waals surface area contributed by atoms with Crippen molar-refractivity contribution in [1.29, 1.82) is 0 Å². The summed E-state index contributed by atoms with van der Waals surface area (Å²) in [6.45, 7) is 4.06. The minimum Gasteiger partial charge on any atom is -0.369 e. The van der Waals surface area contributed by atoms with Gasteiger partial charge in [0.2, 0.25) is 0 Å². The second-order valence-electron chi connectivity index (χ2n) is 6.11. The molecule has 2 N–H and O–H groups in total. The van der Waals surface area contributed by atoms with Crippen LogP contribution in [-0.4, -0.2) is 49.9 Å². The Bertz CT molecular complexity index is 723. The molecular formula is C19H22N4O2.